The van der Waals surface area contributed by atoms with Crippen LogP contribution in [0.3, 0.4) is 0 Å². The van der Waals surface area contributed by atoms with Gasteiger partial charge in [0.2, 0.25) is 0 Å². The second-order valence-corrected chi connectivity index (χ2v) is 8.31. The summed E-state index contributed by atoms with van der Waals surface area (Å²) in [6.07, 6.45) is 20.9. The van der Waals surface area contributed by atoms with Gasteiger partial charge in [-0.1, -0.05) is 115 Å². The number of unbranched alkanes of at least 4 members (excludes halogenated alkanes) is 13. The van der Waals surface area contributed by atoms with Crippen molar-refractivity contribution in [3.05, 3.63) is 35.4 Å². The lowest BCUT2D eigenvalue weighted by Crippen LogP contribution is -2.32. The number of benzene rings is 1. The molecule has 1 atom stereocenters. The van der Waals surface area contributed by atoms with Crippen molar-refractivity contribution in [3.8, 4) is 0 Å². The van der Waals surface area contributed by atoms with E-state index in [9.17, 15) is 4.79 Å². The summed E-state index contributed by atoms with van der Waals surface area (Å²) < 4.78 is 0. The Labute approximate surface area is 173 Å². The molecule has 0 saturated heterocycles. The smallest absolute Gasteiger partial charge is 0.320 e. The molecule has 0 heterocycles. The zero-order chi connectivity index (χ0) is 20.5. The summed E-state index contributed by atoms with van der Waals surface area (Å²) >= 11 is 0. The first-order chi connectivity index (χ1) is 13.6. The van der Waals surface area contributed by atoms with Gasteiger partial charge in [0.1, 0.15) is 6.04 Å². The van der Waals surface area contributed by atoms with E-state index in [2.05, 4.69) is 19.1 Å². The maximum Gasteiger partial charge on any atom is 0.320 e. The van der Waals surface area contributed by atoms with Crippen molar-refractivity contribution in [3.63, 3.8) is 0 Å². The van der Waals surface area contributed by atoms with E-state index >= 15 is 0 Å². The number of aryl methyl sites for hydroxylation is 1. The average molecular weight is 390 g/mol. The number of carboxylic acid groups (broad SMARTS) is 1. The van der Waals surface area contributed by atoms with Crippen molar-refractivity contribution in [1.82, 2.24) is 0 Å². The van der Waals surface area contributed by atoms with Gasteiger partial charge in [0.15, 0.2) is 0 Å². The number of carbonyl (C=O) groups is 1. The Hall–Kier alpha value is -1.35. The van der Waals surface area contributed by atoms with Crippen molar-refractivity contribution < 1.29 is 9.90 Å². The summed E-state index contributed by atoms with van der Waals surface area (Å²) in [6, 6.07) is 7.46. The molecule has 0 saturated carbocycles. The molecule has 160 valence electrons. The molecule has 0 aliphatic carbocycles. The first-order valence-corrected chi connectivity index (χ1v) is 11.7. The molecular weight excluding hydrogens is 346 g/mol. The highest BCUT2D eigenvalue weighted by atomic mass is 16.4. The van der Waals surface area contributed by atoms with Gasteiger partial charge in [0.05, 0.1) is 0 Å². The molecule has 0 amide bonds. The van der Waals surface area contributed by atoms with Crippen LogP contribution in [0.5, 0.6) is 0 Å². The summed E-state index contributed by atoms with van der Waals surface area (Å²) in [6.45, 7) is 2.28. The minimum absolute atomic E-state index is 0.397. The zero-order valence-electron chi connectivity index (χ0n) is 18.1. The molecule has 0 aliphatic heterocycles. The van der Waals surface area contributed by atoms with Crippen LogP contribution in [0.25, 0.3) is 0 Å². The fourth-order valence-electron chi connectivity index (χ4n) is 3.71. The van der Waals surface area contributed by atoms with Gasteiger partial charge in [-0.15, -0.1) is 0 Å². The Bertz CT molecular complexity index is 498. The predicted octanol–water partition coefficient (Wildman–Crippen LogP) is 6.66. The van der Waals surface area contributed by atoms with E-state index in [0.717, 1.165) is 12.0 Å². The highest BCUT2D eigenvalue weighted by molar-refractivity contribution is 5.73. The molecule has 3 heteroatoms. The average Bonchev–Trinajstić information content (AvgIpc) is 2.69. The highest BCUT2D eigenvalue weighted by Crippen LogP contribution is 2.14. The van der Waals surface area contributed by atoms with E-state index in [-0.39, 0.29) is 0 Å². The molecule has 1 rings (SSSR count). The molecule has 0 spiro atoms. The first kappa shape index (κ1) is 24.7. The monoisotopic (exact) mass is 389 g/mol. The van der Waals surface area contributed by atoms with Gasteiger partial charge in [-0.3, -0.25) is 4.79 Å². The maximum absolute atomic E-state index is 10.8. The van der Waals surface area contributed by atoms with E-state index in [1.54, 1.807) is 0 Å². The maximum atomic E-state index is 10.8. The van der Waals surface area contributed by atoms with E-state index in [1.165, 1.54) is 95.5 Å². The number of aliphatic carboxylic acids is 1. The van der Waals surface area contributed by atoms with Crippen LogP contribution in [0, 0.1) is 0 Å². The Kier molecular flexibility index (Phi) is 14.6. The van der Waals surface area contributed by atoms with Gasteiger partial charge >= 0.3 is 5.97 Å². The number of hydrogen-bond donors (Lipinski definition) is 2. The van der Waals surface area contributed by atoms with Crippen molar-refractivity contribution >= 4 is 5.97 Å². The second-order valence-electron chi connectivity index (χ2n) is 8.31. The second kappa shape index (κ2) is 16.6. The minimum Gasteiger partial charge on any atom is -0.480 e. The Morgan fingerprint density at radius 1 is 0.750 bits per heavy atom. The third-order valence-corrected chi connectivity index (χ3v) is 5.61. The van der Waals surface area contributed by atoms with Gasteiger partial charge in [-0.2, -0.15) is 0 Å². The molecule has 0 aliphatic rings. The zero-order valence-corrected chi connectivity index (χ0v) is 18.1. The molecule has 28 heavy (non-hydrogen) atoms. The molecule has 0 fully saturated rings. The van der Waals surface area contributed by atoms with Crippen LogP contribution < -0.4 is 5.73 Å². The Morgan fingerprint density at radius 2 is 1.14 bits per heavy atom. The van der Waals surface area contributed by atoms with E-state index in [4.69, 9.17) is 10.8 Å². The van der Waals surface area contributed by atoms with Gasteiger partial charge in [-0.25, -0.2) is 0 Å². The summed E-state index contributed by atoms with van der Waals surface area (Å²) in [7, 11) is 0. The van der Waals surface area contributed by atoms with Gasteiger partial charge < -0.3 is 10.8 Å². The molecule has 1 unspecified atom stereocenters. The molecule has 0 aromatic heterocycles. The minimum atomic E-state index is -0.938. The molecule has 3 N–H and O–H groups in total. The van der Waals surface area contributed by atoms with E-state index in [0.29, 0.717) is 6.42 Å². The topological polar surface area (TPSA) is 63.3 Å². The molecule has 3 nitrogen and oxygen atoms in total. The molecular formula is C25H43NO2. The number of rotatable bonds is 18. The number of carboxylic acids is 1. The third kappa shape index (κ3) is 12.9. The normalized spacial score (nSPS) is 12.2. The van der Waals surface area contributed by atoms with Crippen LogP contribution in [0.4, 0.5) is 0 Å². The predicted molar refractivity (Wildman–Crippen MR) is 120 cm³/mol. The van der Waals surface area contributed by atoms with Crippen LogP contribution >= 0.6 is 0 Å². The van der Waals surface area contributed by atoms with Crippen molar-refractivity contribution in [2.24, 2.45) is 5.73 Å². The standard InChI is InChI=1S/C25H43NO2/c1-2-3-4-5-6-7-8-9-10-11-12-13-14-15-16-22-17-19-23(20-18-22)21-24(26)25(27)28/h17-20,24H,2-16,21,26H2,1H3,(H,27,28). The molecule has 0 bridgehead atoms. The van der Waals surface area contributed by atoms with Crippen molar-refractivity contribution in [1.29, 1.82) is 0 Å². The summed E-state index contributed by atoms with van der Waals surface area (Å²) in [5.74, 6) is -0.938. The lowest BCUT2D eigenvalue weighted by Gasteiger charge is -2.07. The lowest BCUT2D eigenvalue weighted by atomic mass is 10.0. The third-order valence-electron chi connectivity index (χ3n) is 5.61. The fourth-order valence-corrected chi connectivity index (χ4v) is 3.71. The van der Waals surface area contributed by atoms with Gasteiger partial charge in [0, 0.05) is 0 Å². The summed E-state index contributed by atoms with van der Waals surface area (Å²) in [5, 5.41) is 8.87. The quantitative estimate of drug-likeness (QED) is 0.276. The van der Waals surface area contributed by atoms with Crippen molar-refractivity contribution in [2.75, 3.05) is 0 Å². The van der Waals surface area contributed by atoms with Gasteiger partial charge in [-0.05, 0) is 30.4 Å². The first-order valence-electron chi connectivity index (χ1n) is 11.7. The highest BCUT2D eigenvalue weighted by Gasteiger charge is 2.11. The van der Waals surface area contributed by atoms with Crippen LogP contribution in [-0.4, -0.2) is 17.1 Å². The van der Waals surface area contributed by atoms with Gasteiger partial charge in [0.25, 0.3) is 0 Å². The van der Waals surface area contributed by atoms with Crippen molar-refractivity contribution in [2.45, 2.75) is 116 Å². The summed E-state index contributed by atoms with van der Waals surface area (Å²) in [4.78, 5) is 10.8. The largest absolute Gasteiger partial charge is 0.480 e. The molecule has 1 aromatic carbocycles. The van der Waals surface area contributed by atoms with Crippen LogP contribution in [0.2, 0.25) is 0 Å². The molecule has 1 aromatic rings. The van der Waals surface area contributed by atoms with Crippen LogP contribution in [0.15, 0.2) is 24.3 Å². The van der Waals surface area contributed by atoms with E-state index in [1.807, 2.05) is 12.1 Å². The SMILES string of the molecule is CCCCCCCCCCCCCCCCc1ccc(CC(N)C(=O)O)cc1. The Morgan fingerprint density at radius 3 is 1.57 bits per heavy atom. The fraction of sp³-hybridized carbons (Fsp3) is 0.720. The summed E-state index contributed by atoms with van der Waals surface area (Å²) in [5.41, 5.74) is 7.92. The lowest BCUT2D eigenvalue weighted by molar-refractivity contribution is -0.138. The Balaban J connectivity index is 1.93. The number of hydrogen-bond acceptors (Lipinski definition) is 2. The molecule has 0 radical (unpaired) electrons. The van der Waals surface area contributed by atoms with E-state index < -0.39 is 12.0 Å². The number of nitrogens with two attached hydrogens (primary N) is 1. The van der Waals surface area contributed by atoms with Crippen LogP contribution in [0.1, 0.15) is 108 Å². The van der Waals surface area contributed by atoms with Crippen LogP contribution in [-0.2, 0) is 17.6 Å².